The van der Waals surface area contributed by atoms with Gasteiger partial charge in [0.15, 0.2) is 0 Å². The molecule has 0 bridgehead atoms. The van der Waals surface area contributed by atoms with Crippen LogP contribution < -0.4 is 4.31 Å². The second kappa shape index (κ2) is 8.79. The van der Waals surface area contributed by atoms with Crippen molar-refractivity contribution in [3.63, 3.8) is 0 Å². The summed E-state index contributed by atoms with van der Waals surface area (Å²) in [6.07, 6.45) is 1.16. The Labute approximate surface area is 190 Å². The number of ether oxygens (including phenoxy) is 1. The number of benzene rings is 3. The van der Waals surface area contributed by atoms with Gasteiger partial charge in [-0.1, -0.05) is 48.5 Å². The maximum atomic E-state index is 13.3. The Balaban J connectivity index is 2.37. The fraction of sp³-hybridized carbons (Fsp3) is 0.269. The van der Waals surface area contributed by atoms with E-state index >= 15 is 0 Å². The van der Waals surface area contributed by atoms with Crippen molar-refractivity contribution in [2.45, 2.75) is 40.2 Å². The van der Waals surface area contributed by atoms with Gasteiger partial charge >= 0.3 is 5.97 Å². The Morgan fingerprint density at radius 2 is 1.41 bits per heavy atom. The number of nitrogens with zero attached hydrogens (tertiary/aromatic N) is 1. The zero-order chi connectivity index (χ0) is 23.7. The highest BCUT2D eigenvalue weighted by Gasteiger charge is 2.29. The first-order valence-corrected chi connectivity index (χ1v) is 12.2. The Bertz CT molecular complexity index is 1230. The summed E-state index contributed by atoms with van der Waals surface area (Å²) in [6, 6.07) is 20.3. The minimum atomic E-state index is -3.70. The van der Waals surface area contributed by atoms with Crippen LogP contribution in [-0.2, 0) is 14.8 Å². The quantitative estimate of drug-likeness (QED) is 0.445. The molecule has 0 fully saturated rings. The number of esters is 1. The second-order valence-corrected chi connectivity index (χ2v) is 10.6. The molecule has 3 aromatic carbocycles. The van der Waals surface area contributed by atoms with Crippen LogP contribution in [0.2, 0.25) is 0 Å². The van der Waals surface area contributed by atoms with E-state index in [-0.39, 0.29) is 0 Å². The topological polar surface area (TPSA) is 63.7 Å². The van der Waals surface area contributed by atoms with E-state index in [4.69, 9.17) is 4.74 Å². The maximum absolute atomic E-state index is 13.3. The lowest BCUT2D eigenvalue weighted by Gasteiger charge is -2.28. The van der Waals surface area contributed by atoms with Crippen molar-refractivity contribution in [1.29, 1.82) is 0 Å². The average Bonchev–Trinajstić information content (AvgIpc) is 2.69. The van der Waals surface area contributed by atoms with Crippen LogP contribution in [0.4, 0.5) is 11.4 Å². The minimum absolute atomic E-state index is 0.376. The SMILES string of the molecule is Cc1c(-c2ccccc2)cc(N(c2ccccc2)S(C)(=O)=O)c(C)c1C(=O)OC(C)(C)C. The van der Waals surface area contributed by atoms with Crippen LogP contribution in [0, 0.1) is 13.8 Å². The summed E-state index contributed by atoms with van der Waals surface area (Å²) in [7, 11) is -3.70. The normalized spacial score (nSPS) is 11.8. The molecule has 0 N–H and O–H groups in total. The molecule has 0 saturated heterocycles. The number of anilines is 2. The molecule has 3 rings (SSSR count). The zero-order valence-electron chi connectivity index (χ0n) is 19.3. The third-order valence-electron chi connectivity index (χ3n) is 5.05. The smallest absolute Gasteiger partial charge is 0.339 e. The number of hydrogen-bond donors (Lipinski definition) is 0. The first-order chi connectivity index (χ1) is 14.9. The van der Waals surface area contributed by atoms with E-state index in [1.165, 1.54) is 4.31 Å². The maximum Gasteiger partial charge on any atom is 0.339 e. The lowest BCUT2D eigenvalue weighted by atomic mass is 9.91. The Morgan fingerprint density at radius 3 is 1.91 bits per heavy atom. The van der Waals surface area contributed by atoms with Crippen molar-refractivity contribution in [2.75, 3.05) is 10.6 Å². The second-order valence-electron chi connectivity index (χ2n) is 8.80. The summed E-state index contributed by atoms with van der Waals surface area (Å²) in [6.45, 7) is 9.06. The molecular formula is C26H29NO4S. The van der Waals surface area contributed by atoms with Gasteiger partial charge in [-0.2, -0.15) is 0 Å². The number of rotatable bonds is 5. The van der Waals surface area contributed by atoms with E-state index in [0.717, 1.165) is 22.9 Å². The van der Waals surface area contributed by atoms with Gasteiger partial charge in [0.25, 0.3) is 0 Å². The molecule has 0 unspecified atom stereocenters. The van der Waals surface area contributed by atoms with Gasteiger partial charge in [0.1, 0.15) is 5.60 Å². The molecule has 0 atom stereocenters. The summed E-state index contributed by atoms with van der Waals surface area (Å²) < 4.78 is 32.8. The van der Waals surface area contributed by atoms with Crippen molar-refractivity contribution in [1.82, 2.24) is 0 Å². The van der Waals surface area contributed by atoms with Crippen LogP contribution in [0.3, 0.4) is 0 Å². The first kappa shape index (κ1) is 23.5. The Morgan fingerprint density at radius 1 is 0.875 bits per heavy atom. The van der Waals surface area contributed by atoms with Gasteiger partial charge in [-0.3, -0.25) is 0 Å². The van der Waals surface area contributed by atoms with Crippen molar-refractivity contribution in [3.05, 3.63) is 83.4 Å². The average molecular weight is 452 g/mol. The van der Waals surface area contributed by atoms with Gasteiger partial charge in [-0.15, -0.1) is 0 Å². The molecule has 0 aliphatic heterocycles. The molecule has 0 saturated carbocycles. The van der Waals surface area contributed by atoms with E-state index < -0.39 is 21.6 Å². The van der Waals surface area contributed by atoms with Gasteiger partial charge in [0.2, 0.25) is 10.0 Å². The molecule has 0 aromatic heterocycles. The van der Waals surface area contributed by atoms with Crippen LogP contribution in [0.15, 0.2) is 66.7 Å². The number of sulfonamides is 1. The van der Waals surface area contributed by atoms with Crippen LogP contribution in [0.5, 0.6) is 0 Å². The molecule has 0 heterocycles. The van der Waals surface area contributed by atoms with Gasteiger partial charge in [0.05, 0.1) is 23.2 Å². The van der Waals surface area contributed by atoms with Crippen molar-refractivity contribution < 1.29 is 17.9 Å². The van der Waals surface area contributed by atoms with E-state index in [1.807, 2.05) is 70.2 Å². The molecular weight excluding hydrogens is 422 g/mol. The third kappa shape index (κ3) is 5.02. The first-order valence-electron chi connectivity index (χ1n) is 10.4. The molecule has 32 heavy (non-hydrogen) atoms. The van der Waals surface area contributed by atoms with Crippen molar-refractivity contribution >= 4 is 27.4 Å². The molecule has 0 aliphatic carbocycles. The van der Waals surface area contributed by atoms with Gasteiger partial charge in [-0.25, -0.2) is 17.5 Å². The summed E-state index contributed by atoms with van der Waals surface area (Å²) >= 11 is 0. The Hall–Kier alpha value is -3.12. The Kier molecular flexibility index (Phi) is 6.46. The predicted molar refractivity (Wildman–Crippen MR) is 130 cm³/mol. The van der Waals surface area contributed by atoms with E-state index in [9.17, 15) is 13.2 Å². The van der Waals surface area contributed by atoms with Gasteiger partial charge in [-0.05, 0) is 75.1 Å². The number of hydrogen-bond acceptors (Lipinski definition) is 4. The van der Waals surface area contributed by atoms with Crippen LogP contribution in [0.25, 0.3) is 11.1 Å². The minimum Gasteiger partial charge on any atom is -0.456 e. The van der Waals surface area contributed by atoms with Crippen LogP contribution >= 0.6 is 0 Å². The molecule has 3 aromatic rings. The molecule has 0 amide bonds. The number of carbonyl (C=O) groups is 1. The van der Waals surface area contributed by atoms with Gasteiger partial charge in [0, 0.05) is 0 Å². The van der Waals surface area contributed by atoms with E-state index in [0.29, 0.717) is 22.5 Å². The summed E-state index contributed by atoms with van der Waals surface area (Å²) in [5, 5.41) is 0. The summed E-state index contributed by atoms with van der Waals surface area (Å²) in [5.41, 5.74) is 3.56. The molecule has 0 radical (unpaired) electrons. The lowest BCUT2D eigenvalue weighted by molar-refractivity contribution is 0.00680. The molecule has 6 heteroatoms. The largest absolute Gasteiger partial charge is 0.456 e. The van der Waals surface area contributed by atoms with E-state index in [2.05, 4.69) is 0 Å². The highest BCUT2D eigenvalue weighted by Crippen LogP contribution is 2.39. The molecule has 168 valence electrons. The van der Waals surface area contributed by atoms with Crippen LogP contribution in [0.1, 0.15) is 42.3 Å². The molecule has 0 aliphatic rings. The molecule has 5 nitrogen and oxygen atoms in total. The third-order valence-corrected chi connectivity index (χ3v) is 6.12. The van der Waals surface area contributed by atoms with Gasteiger partial charge < -0.3 is 4.74 Å². The number of carbonyl (C=O) groups excluding carboxylic acids is 1. The van der Waals surface area contributed by atoms with Crippen molar-refractivity contribution in [3.8, 4) is 11.1 Å². The lowest BCUT2D eigenvalue weighted by Crippen LogP contribution is -2.28. The fourth-order valence-electron chi connectivity index (χ4n) is 3.73. The van der Waals surface area contributed by atoms with Crippen molar-refractivity contribution in [2.24, 2.45) is 0 Å². The summed E-state index contributed by atoms with van der Waals surface area (Å²) in [4.78, 5) is 13.3. The zero-order valence-corrected chi connectivity index (χ0v) is 20.2. The van der Waals surface area contributed by atoms with E-state index in [1.54, 1.807) is 31.2 Å². The standard InChI is InChI=1S/C26H29NO4S/c1-18-22(20-13-9-7-10-14-20)17-23(19(2)24(18)25(28)31-26(3,4)5)27(32(6,29)30)21-15-11-8-12-16-21/h7-17H,1-6H3. The fourth-order valence-corrected chi connectivity index (χ4v) is 4.79. The highest BCUT2D eigenvalue weighted by atomic mass is 32.2. The monoisotopic (exact) mass is 451 g/mol. The predicted octanol–water partition coefficient (Wildman–Crippen LogP) is 6.02. The van der Waals surface area contributed by atoms with Crippen LogP contribution in [-0.4, -0.2) is 26.2 Å². The summed E-state index contributed by atoms with van der Waals surface area (Å²) in [5.74, 6) is -0.479. The highest BCUT2D eigenvalue weighted by molar-refractivity contribution is 7.92. The molecule has 0 spiro atoms. The number of para-hydroxylation sites is 1.